The first-order valence-electron chi connectivity index (χ1n) is 6.81. The molecule has 1 aliphatic rings. The van der Waals surface area contributed by atoms with Crippen LogP contribution >= 0.6 is 0 Å². The second-order valence-corrected chi connectivity index (χ2v) is 4.60. The number of para-hydroxylation sites is 1. The van der Waals surface area contributed by atoms with E-state index in [0.717, 1.165) is 4.90 Å². The summed E-state index contributed by atoms with van der Waals surface area (Å²) in [6.07, 6.45) is 2.96. The molecule has 7 nitrogen and oxygen atoms in total. The molecule has 23 heavy (non-hydrogen) atoms. The van der Waals surface area contributed by atoms with Crippen LogP contribution in [0.25, 0.3) is 6.08 Å². The number of nitrogens with one attached hydrogen (secondary N) is 1. The van der Waals surface area contributed by atoms with E-state index in [1.54, 1.807) is 24.3 Å². The summed E-state index contributed by atoms with van der Waals surface area (Å²) in [5, 5.41) is 2.49. The second-order valence-electron chi connectivity index (χ2n) is 4.60. The molecule has 0 bridgehead atoms. The summed E-state index contributed by atoms with van der Waals surface area (Å²) < 4.78 is 9.87. The molecule has 0 atom stereocenters. The maximum atomic E-state index is 12.1. The fourth-order valence-corrected chi connectivity index (χ4v) is 1.95. The predicted molar refractivity (Wildman–Crippen MR) is 82.4 cm³/mol. The molecule has 1 aliphatic heterocycles. The van der Waals surface area contributed by atoms with Crippen molar-refractivity contribution in [3.05, 3.63) is 48.2 Å². The van der Waals surface area contributed by atoms with Crippen LogP contribution in [-0.4, -0.2) is 43.1 Å². The molecular formula is C16H16N2O5. The van der Waals surface area contributed by atoms with Gasteiger partial charge >= 0.3 is 12.0 Å². The van der Waals surface area contributed by atoms with Crippen molar-refractivity contribution in [3.63, 3.8) is 0 Å². The van der Waals surface area contributed by atoms with E-state index in [1.807, 2.05) is 0 Å². The van der Waals surface area contributed by atoms with Crippen LogP contribution in [0.15, 0.2) is 42.6 Å². The molecule has 0 unspecified atom stereocenters. The molecule has 1 aromatic carbocycles. The van der Waals surface area contributed by atoms with Crippen LogP contribution < -0.4 is 10.1 Å². The van der Waals surface area contributed by atoms with Crippen LogP contribution in [0, 0.1) is 0 Å². The monoisotopic (exact) mass is 316 g/mol. The number of hydrogen-bond acceptors (Lipinski definition) is 5. The van der Waals surface area contributed by atoms with Crippen molar-refractivity contribution >= 4 is 24.0 Å². The molecule has 1 saturated heterocycles. The van der Waals surface area contributed by atoms with Gasteiger partial charge in [-0.25, -0.2) is 9.59 Å². The van der Waals surface area contributed by atoms with E-state index in [0.29, 0.717) is 11.3 Å². The van der Waals surface area contributed by atoms with Crippen LogP contribution in [0.3, 0.4) is 0 Å². The highest BCUT2D eigenvalue weighted by atomic mass is 16.6. The third kappa shape index (κ3) is 3.76. The summed E-state index contributed by atoms with van der Waals surface area (Å²) in [5.74, 6) is -0.567. The molecule has 3 amide bonds. The number of carbonyl (C=O) groups is 3. The average Bonchev–Trinajstić information content (AvgIpc) is 2.81. The van der Waals surface area contributed by atoms with Gasteiger partial charge in [0.2, 0.25) is 0 Å². The molecule has 1 heterocycles. The van der Waals surface area contributed by atoms with Crippen molar-refractivity contribution < 1.29 is 23.9 Å². The molecule has 0 aromatic heterocycles. The van der Waals surface area contributed by atoms with Gasteiger partial charge in [-0.3, -0.25) is 9.69 Å². The third-order valence-corrected chi connectivity index (χ3v) is 3.07. The number of carbonyl (C=O) groups excluding carboxylic acids is 3. The zero-order valence-corrected chi connectivity index (χ0v) is 12.6. The average molecular weight is 316 g/mol. The van der Waals surface area contributed by atoms with Crippen LogP contribution in [-0.2, 0) is 14.3 Å². The van der Waals surface area contributed by atoms with Gasteiger partial charge in [-0.1, -0.05) is 24.3 Å². The first kappa shape index (κ1) is 16.3. The summed E-state index contributed by atoms with van der Waals surface area (Å²) in [6, 6.07) is 6.33. The van der Waals surface area contributed by atoms with E-state index in [9.17, 15) is 14.4 Å². The molecule has 7 heteroatoms. The van der Waals surface area contributed by atoms with Crippen LogP contribution in [0.4, 0.5) is 4.79 Å². The molecule has 1 aromatic rings. The normalized spacial score (nSPS) is 15.5. The lowest BCUT2D eigenvalue weighted by atomic mass is 10.1. The standard InChI is InChI=1S/C16H16N2O5/c1-3-8-18-15(20)12(17-16(18)21)9-11-6-4-5-7-13(11)23-10-14(19)22-2/h3-7,9H,1,8,10H2,2H3,(H,17,21)/b12-9+. The molecule has 0 radical (unpaired) electrons. The van der Waals surface area contributed by atoms with E-state index < -0.39 is 17.9 Å². The Kier molecular flexibility index (Phi) is 5.14. The zero-order valence-electron chi connectivity index (χ0n) is 12.6. The summed E-state index contributed by atoms with van der Waals surface area (Å²) in [6.45, 7) is 3.39. The van der Waals surface area contributed by atoms with Crippen molar-refractivity contribution in [2.24, 2.45) is 0 Å². The number of rotatable bonds is 6. The fourth-order valence-electron chi connectivity index (χ4n) is 1.95. The predicted octanol–water partition coefficient (Wildman–Crippen LogP) is 1.32. The van der Waals surface area contributed by atoms with E-state index in [-0.39, 0.29) is 18.8 Å². The largest absolute Gasteiger partial charge is 0.481 e. The van der Waals surface area contributed by atoms with E-state index in [1.165, 1.54) is 19.3 Å². The first-order valence-corrected chi connectivity index (χ1v) is 6.81. The Labute approximate surface area is 133 Å². The summed E-state index contributed by atoms with van der Waals surface area (Å²) in [7, 11) is 1.26. The lowest BCUT2D eigenvalue weighted by Crippen LogP contribution is -2.30. The van der Waals surface area contributed by atoms with Gasteiger partial charge in [-0.15, -0.1) is 6.58 Å². The van der Waals surface area contributed by atoms with E-state index in [2.05, 4.69) is 16.6 Å². The molecular weight excluding hydrogens is 300 g/mol. The first-order chi connectivity index (χ1) is 11.1. The van der Waals surface area contributed by atoms with Crippen LogP contribution in [0.1, 0.15) is 5.56 Å². The molecule has 2 rings (SSSR count). The number of imide groups is 1. The molecule has 1 fully saturated rings. The van der Waals surface area contributed by atoms with Gasteiger partial charge in [0.25, 0.3) is 5.91 Å². The fraction of sp³-hybridized carbons (Fsp3) is 0.188. The van der Waals surface area contributed by atoms with E-state index >= 15 is 0 Å². The minimum Gasteiger partial charge on any atom is -0.481 e. The summed E-state index contributed by atoms with van der Waals surface area (Å²) in [4.78, 5) is 36.1. The van der Waals surface area contributed by atoms with Gasteiger partial charge < -0.3 is 14.8 Å². The Morgan fingerprint density at radius 1 is 1.35 bits per heavy atom. The number of nitrogens with zero attached hydrogens (tertiary/aromatic N) is 1. The van der Waals surface area contributed by atoms with Gasteiger partial charge in [0.1, 0.15) is 11.4 Å². The Morgan fingerprint density at radius 2 is 2.09 bits per heavy atom. The number of ether oxygens (including phenoxy) is 2. The minimum absolute atomic E-state index is 0.127. The summed E-state index contributed by atoms with van der Waals surface area (Å²) in [5.41, 5.74) is 0.687. The zero-order chi connectivity index (χ0) is 16.8. The number of methoxy groups -OCH3 is 1. The van der Waals surface area contributed by atoms with Gasteiger partial charge in [0, 0.05) is 12.1 Å². The van der Waals surface area contributed by atoms with Crippen LogP contribution in [0.5, 0.6) is 5.75 Å². The Hall–Kier alpha value is -3.09. The lowest BCUT2D eigenvalue weighted by molar-refractivity contribution is -0.142. The smallest absolute Gasteiger partial charge is 0.343 e. The number of amides is 3. The molecule has 0 spiro atoms. The topological polar surface area (TPSA) is 84.9 Å². The second kappa shape index (κ2) is 7.26. The van der Waals surface area contributed by atoms with Crippen molar-refractivity contribution in [3.8, 4) is 5.75 Å². The van der Waals surface area contributed by atoms with Crippen molar-refractivity contribution in [2.45, 2.75) is 0 Å². The minimum atomic E-state index is -0.519. The highest BCUT2D eigenvalue weighted by molar-refractivity contribution is 6.14. The van der Waals surface area contributed by atoms with E-state index in [4.69, 9.17) is 4.74 Å². The highest BCUT2D eigenvalue weighted by Crippen LogP contribution is 2.22. The number of urea groups is 1. The Balaban J connectivity index is 2.22. The molecule has 0 saturated carbocycles. The third-order valence-electron chi connectivity index (χ3n) is 3.07. The number of esters is 1. The van der Waals surface area contributed by atoms with Crippen molar-refractivity contribution in [1.29, 1.82) is 0 Å². The maximum absolute atomic E-state index is 12.1. The van der Waals surface area contributed by atoms with Crippen LogP contribution in [0.2, 0.25) is 0 Å². The van der Waals surface area contributed by atoms with Gasteiger partial charge in [0.15, 0.2) is 6.61 Å². The van der Waals surface area contributed by atoms with Gasteiger partial charge in [0.05, 0.1) is 7.11 Å². The molecule has 1 N–H and O–H groups in total. The highest BCUT2D eigenvalue weighted by Gasteiger charge is 2.32. The van der Waals surface area contributed by atoms with Gasteiger partial charge in [-0.05, 0) is 12.1 Å². The lowest BCUT2D eigenvalue weighted by Gasteiger charge is -2.08. The SMILES string of the molecule is C=CCN1C(=O)N/C(=C/c2ccccc2OCC(=O)OC)C1=O. The van der Waals surface area contributed by atoms with Gasteiger partial charge in [-0.2, -0.15) is 0 Å². The Morgan fingerprint density at radius 3 is 2.78 bits per heavy atom. The Bertz CT molecular complexity index is 681. The maximum Gasteiger partial charge on any atom is 0.343 e. The quantitative estimate of drug-likeness (QED) is 0.370. The summed E-state index contributed by atoms with van der Waals surface area (Å²) >= 11 is 0. The molecule has 120 valence electrons. The van der Waals surface area contributed by atoms with Crippen molar-refractivity contribution in [1.82, 2.24) is 10.2 Å². The molecule has 0 aliphatic carbocycles. The number of hydrogen-bond donors (Lipinski definition) is 1. The number of benzene rings is 1. The van der Waals surface area contributed by atoms with Crippen molar-refractivity contribution in [2.75, 3.05) is 20.3 Å².